The third-order valence-corrected chi connectivity index (χ3v) is 4.57. The summed E-state index contributed by atoms with van der Waals surface area (Å²) in [5.74, 6) is -0.476. The summed E-state index contributed by atoms with van der Waals surface area (Å²) in [5, 5.41) is 6.49. The van der Waals surface area contributed by atoms with E-state index in [2.05, 4.69) is 10.4 Å². The molecular formula is C20H18F4N4O. The van der Waals surface area contributed by atoms with Crippen molar-refractivity contribution in [1.29, 1.82) is 0 Å². The Morgan fingerprint density at radius 3 is 2.52 bits per heavy atom. The van der Waals surface area contributed by atoms with E-state index in [0.29, 0.717) is 5.56 Å². The molecule has 0 bridgehead atoms. The van der Waals surface area contributed by atoms with Gasteiger partial charge in [0.05, 0.1) is 23.0 Å². The molecule has 0 aliphatic carbocycles. The Hall–Kier alpha value is -3.36. The van der Waals surface area contributed by atoms with Crippen LogP contribution in [-0.2, 0) is 6.18 Å². The third-order valence-electron chi connectivity index (χ3n) is 4.57. The fourth-order valence-electron chi connectivity index (χ4n) is 2.83. The van der Waals surface area contributed by atoms with E-state index in [-0.39, 0.29) is 11.4 Å². The number of halogens is 4. The molecule has 2 aromatic carbocycles. The molecule has 3 rings (SSSR count). The third kappa shape index (κ3) is 4.39. The topological polar surface area (TPSA) is 50.2 Å². The van der Waals surface area contributed by atoms with E-state index in [0.717, 1.165) is 12.1 Å². The van der Waals surface area contributed by atoms with Crippen molar-refractivity contribution < 1.29 is 22.4 Å². The summed E-state index contributed by atoms with van der Waals surface area (Å²) in [6.45, 7) is 1.62. The molecule has 3 aromatic rings. The Balaban J connectivity index is 1.91. The molecule has 1 atom stereocenters. The van der Waals surface area contributed by atoms with E-state index in [1.807, 2.05) is 0 Å². The second-order valence-corrected chi connectivity index (χ2v) is 6.42. The lowest BCUT2D eigenvalue weighted by atomic mass is 10.1. The number of nitrogens with zero attached hydrogens (tertiary/aromatic N) is 3. The van der Waals surface area contributed by atoms with Gasteiger partial charge in [0.15, 0.2) is 0 Å². The minimum absolute atomic E-state index is 0.0684. The summed E-state index contributed by atoms with van der Waals surface area (Å²) in [6, 6.07) is 9.26. The molecule has 0 aliphatic rings. The zero-order chi connectivity index (χ0) is 21.2. The fraction of sp³-hybridized carbons (Fsp3) is 0.200. The van der Waals surface area contributed by atoms with Crippen LogP contribution in [0.3, 0.4) is 0 Å². The number of benzene rings is 2. The average molecular weight is 406 g/mol. The van der Waals surface area contributed by atoms with Crippen LogP contribution in [0, 0.1) is 5.82 Å². The van der Waals surface area contributed by atoms with E-state index in [1.54, 1.807) is 31.3 Å². The van der Waals surface area contributed by atoms with Crippen LogP contribution in [0.2, 0.25) is 0 Å². The van der Waals surface area contributed by atoms with Crippen molar-refractivity contribution in [3.8, 4) is 5.69 Å². The molecule has 0 aliphatic heterocycles. The average Bonchev–Trinajstić information content (AvgIpc) is 3.21. The molecule has 1 N–H and O–H groups in total. The van der Waals surface area contributed by atoms with E-state index in [9.17, 15) is 22.4 Å². The van der Waals surface area contributed by atoms with Crippen molar-refractivity contribution in [1.82, 2.24) is 14.7 Å². The van der Waals surface area contributed by atoms with Gasteiger partial charge in [-0.05, 0) is 37.3 Å². The predicted molar refractivity (Wildman–Crippen MR) is 100 cm³/mol. The number of hydrogen-bond acceptors (Lipinski definition) is 2. The van der Waals surface area contributed by atoms with Gasteiger partial charge in [0.25, 0.3) is 0 Å². The molecule has 0 saturated carbocycles. The Bertz CT molecular complexity index is 1000. The summed E-state index contributed by atoms with van der Waals surface area (Å²) in [7, 11) is 1.44. The molecule has 0 radical (unpaired) electrons. The van der Waals surface area contributed by atoms with Crippen LogP contribution in [0.4, 0.5) is 28.0 Å². The summed E-state index contributed by atoms with van der Waals surface area (Å²) in [4.78, 5) is 13.9. The minimum Gasteiger partial charge on any atom is -0.321 e. The van der Waals surface area contributed by atoms with Gasteiger partial charge in [-0.25, -0.2) is 13.9 Å². The Morgan fingerprint density at radius 1 is 1.17 bits per heavy atom. The molecule has 0 fully saturated rings. The maximum atomic E-state index is 14.0. The number of carbonyl (C=O) groups excluding carboxylic acids is 1. The van der Waals surface area contributed by atoms with Crippen molar-refractivity contribution in [2.75, 3.05) is 12.4 Å². The molecule has 0 spiro atoms. The first-order valence-corrected chi connectivity index (χ1v) is 8.68. The number of hydrogen-bond donors (Lipinski definition) is 1. The van der Waals surface area contributed by atoms with Gasteiger partial charge in [0, 0.05) is 25.0 Å². The second kappa shape index (κ2) is 7.94. The summed E-state index contributed by atoms with van der Waals surface area (Å²) >= 11 is 0. The Labute approximate surface area is 164 Å². The quantitative estimate of drug-likeness (QED) is 0.602. The molecule has 9 heteroatoms. The van der Waals surface area contributed by atoms with E-state index < -0.39 is 29.6 Å². The van der Waals surface area contributed by atoms with E-state index in [4.69, 9.17) is 0 Å². The van der Waals surface area contributed by atoms with Gasteiger partial charge in [-0.2, -0.15) is 18.3 Å². The number of rotatable bonds is 4. The highest BCUT2D eigenvalue weighted by atomic mass is 19.4. The molecule has 152 valence electrons. The summed E-state index contributed by atoms with van der Waals surface area (Å²) in [5.41, 5.74) is -0.417. The van der Waals surface area contributed by atoms with Gasteiger partial charge in [-0.3, -0.25) is 0 Å². The summed E-state index contributed by atoms with van der Waals surface area (Å²) in [6.07, 6.45) is -1.56. The highest BCUT2D eigenvalue weighted by molar-refractivity contribution is 5.92. The maximum Gasteiger partial charge on any atom is 0.416 e. The van der Waals surface area contributed by atoms with E-state index >= 15 is 0 Å². The normalized spacial score (nSPS) is 12.5. The Kier molecular flexibility index (Phi) is 5.58. The first kappa shape index (κ1) is 20.4. The number of aromatic nitrogens is 2. The number of amides is 2. The SMILES string of the molecule is C[C@H](c1ccccc1F)N(C)C(=O)Nc1cc(C(F)(F)F)ccc1-n1cccn1. The number of carbonyl (C=O) groups is 1. The van der Waals surface area contributed by atoms with Crippen LogP contribution in [0.5, 0.6) is 0 Å². The highest BCUT2D eigenvalue weighted by Crippen LogP contribution is 2.33. The largest absolute Gasteiger partial charge is 0.416 e. The Morgan fingerprint density at radius 2 is 1.90 bits per heavy atom. The molecule has 5 nitrogen and oxygen atoms in total. The van der Waals surface area contributed by atoms with Gasteiger partial charge in [0.2, 0.25) is 0 Å². The highest BCUT2D eigenvalue weighted by Gasteiger charge is 2.31. The lowest BCUT2D eigenvalue weighted by molar-refractivity contribution is -0.137. The van der Waals surface area contributed by atoms with Crippen molar-refractivity contribution in [2.24, 2.45) is 0 Å². The number of nitrogens with one attached hydrogen (secondary N) is 1. The van der Waals surface area contributed by atoms with Crippen LogP contribution in [-0.4, -0.2) is 27.8 Å². The molecule has 1 heterocycles. The van der Waals surface area contributed by atoms with Gasteiger partial charge in [-0.15, -0.1) is 0 Å². The predicted octanol–water partition coefficient (Wildman–Crippen LogP) is 5.26. The molecule has 2 amide bonds. The lowest BCUT2D eigenvalue weighted by Crippen LogP contribution is -2.34. The second-order valence-electron chi connectivity index (χ2n) is 6.42. The minimum atomic E-state index is -4.57. The van der Waals surface area contributed by atoms with Gasteiger partial charge in [0.1, 0.15) is 5.82 Å². The zero-order valence-electron chi connectivity index (χ0n) is 15.6. The van der Waals surface area contributed by atoms with Crippen LogP contribution in [0.15, 0.2) is 60.9 Å². The van der Waals surface area contributed by atoms with Gasteiger partial charge < -0.3 is 10.2 Å². The standard InChI is InChI=1S/C20H18F4N4O/c1-13(15-6-3-4-7-16(15)21)27(2)19(29)26-17-12-14(20(22,23)24)8-9-18(17)28-11-5-10-25-28/h3-13H,1-2H3,(H,26,29)/t13-/m1/s1. The smallest absolute Gasteiger partial charge is 0.321 e. The van der Waals surface area contributed by atoms with Gasteiger partial charge in [-0.1, -0.05) is 18.2 Å². The zero-order valence-corrected chi connectivity index (χ0v) is 15.6. The number of alkyl halides is 3. The first-order valence-electron chi connectivity index (χ1n) is 8.68. The molecule has 0 unspecified atom stereocenters. The van der Waals surface area contributed by atoms with Crippen molar-refractivity contribution >= 4 is 11.7 Å². The van der Waals surface area contributed by atoms with Crippen LogP contribution < -0.4 is 5.32 Å². The van der Waals surface area contributed by atoms with Crippen LogP contribution in [0.25, 0.3) is 5.69 Å². The lowest BCUT2D eigenvalue weighted by Gasteiger charge is -2.26. The molecule has 1 aromatic heterocycles. The number of urea groups is 1. The molecule has 29 heavy (non-hydrogen) atoms. The van der Waals surface area contributed by atoms with Crippen molar-refractivity contribution in [3.05, 3.63) is 77.9 Å². The van der Waals surface area contributed by atoms with Crippen LogP contribution in [0.1, 0.15) is 24.1 Å². The van der Waals surface area contributed by atoms with Gasteiger partial charge >= 0.3 is 12.2 Å². The van der Waals surface area contributed by atoms with Crippen molar-refractivity contribution in [2.45, 2.75) is 19.1 Å². The number of anilines is 1. The monoisotopic (exact) mass is 406 g/mol. The van der Waals surface area contributed by atoms with Crippen LogP contribution >= 0.6 is 0 Å². The maximum absolute atomic E-state index is 14.0. The first-order chi connectivity index (χ1) is 13.7. The molecule has 0 saturated heterocycles. The summed E-state index contributed by atoms with van der Waals surface area (Å²) < 4.78 is 54.8. The van der Waals surface area contributed by atoms with E-state index in [1.165, 1.54) is 41.0 Å². The van der Waals surface area contributed by atoms with Crippen molar-refractivity contribution in [3.63, 3.8) is 0 Å². The molecular weight excluding hydrogens is 388 g/mol. The fourth-order valence-corrected chi connectivity index (χ4v) is 2.83.